The van der Waals surface area contributed by atoms with Gasteiger partial charge in [-0.15, -0.1) is 0 Å². The smallest absolute Gasteiger partial charge is 0.172 e. The van der Waals surface area contributed by atoms with Crippen LogP contribution in [0.3, 0.4) is 0 Å². The number of hydrogen-bond acceptors (Lipinski definition) is 3. The van der Waals surface area contributed by atoms with Crippen LogP contribution in [-0.2, 0) is 0 Å². The van der Waals surface area contributed by atoms with E-state index in [2.05, 4.69) is 17.0 Å². The summed E-state index contributed by atoms with van der Waals surface area (Å²) in [6, 6.07) is 4.90. The molecule has 0 aromatic heterocycles. The fourth-order valence-electron chi connectivity index (χ4n) is 2.76. The Labute approximate surface area is 112 Å². The number of amidine groups is 1. The number of hydrogen-bond donors (Lipinski definition) is 2. The molecule has 2 rings (SSSR count). The van der Waals surface area contributed by atoms with Crippen LogP contribution in [-0.4, -0.2) is 23.6 Å². The summed E-state index contributed by atoms with van der Waals surface area (Å²) in [5.41, 5.74) is 6.98. The first-order chi connectivity index (χ1) is 9.17. The average Bonchev–Trinajstić information content (AvgIpc) is 2.46. The highest BCUT2D eigenvalue weighted by atomic mass is 19.1. The van der Waals surface area contributed by atoms with Crippen LogP contribution in [0.25, 0.3) is 0 Å². The maximum Gasteiger partial charge on any atom is 0.172 e. The molecule has 104 valence electrons. The lowest BCUT2D eigenvalue weighted by atomic mass is 9.97. The molecule has 4 nitrogen and oxygen atoms in total. The molecule has 1 aliphatic heterocycles. The third kappa shape index (κ3) is 2.80. The first kappa shape index (κ1) is 13.6. The van der Waals surface area contributed by atoms with Crippen molar-refractivity contribution in [1.82, 2.24) is 0 Å². The highest BCUT2D eigenvalue weighted by Gasteiger charge is 2.24. The number of benzene rings is 1. The highest BCUT2D eigenvalue weighted by Crippen LogP contribution is 2.29. The lowest BCUT2D eigenvalue weighted by Crippen LogP contribution is -2.40. The normalized spacial score (nSPS) is 20.6. The number of rotatable bonds is 3. The first-order valence-corrected chi connectivity index (χ1v) is 6.71. The van der Waals surface area contributed by atoms with Gasteiger partial charge in [0, 0.05) is 23.8 Å². The van der Waals surface area contributed by atoms with E-state index in [-0.39, 0.29) is 11.7 Å². The van der Waals surface area contributed by atoms with E-state index in [9.17, 15) is 4.39 Å². The van der Waals surface area contributed by atoms with Gasteiger partial charge in [0.05, 0.1) is 0 Å². The Bertz CT molecular complexity index is 476. The highest BCUT2D eigenvalue weighted by molar-refractivity contribution is 6.02. The summed E-state index contributed by atoms with van der Waals surface area (Å²) in [4.78, 5) is 2.25. The van der Waals surface area contributed by atoms with Crippen molar-refractivity contribution in [3.05, 3.63) is 29.6 Å². The summed E-state index contributed by atoms with van der Waals surface area (Å²) < 4.78 is 13.4. The van der Waals surface area contributed by atoms with Crippen LogP contribution in [0, 0.1) is 5.82 Å². The van der Waals surface area contributed by atoms with Crippen LogP contribution in [0.2, 0.25) is 0 Å². The molecule has 1 heterocycles. The van der Waals surface area contributed by atoms with Crippen molar-refractivity contribution >= 4 is 11.5 Å². The molecule has 1 fully saturated rings. The van der Waals surface area contributed by atoms with Gasteiger partial charge >= 0.3 is 0 Å². The zero-order chi connectivity index (χ0) is 13.8. The number of oxime groups is 1. The van der Waals surface area contributed by atoms with Crippen LogP contribution in [0.1, 0.15) is 38.2 Å². The van der Waals surface area contributed by atoms with Crippen molar-refractivity contribution in [3.8, 4) is 0 Å². The second-order valence-corrected chi connectivity index (χ2v) is 4.90. The summed E-state index contributed by atoms with van der Waals surface area (Å²) in [7, 11) is 0. The number of piperidine rings is 1. The summed E-state index contributed by atoms with van der Waals surface area (Å²) in [6.45, 7) is 3.07. The summed E-state index contributed by atoms with van der Waals surface area (Å²) >= 11 is 0. The summed E-state index contributed by atoms with van der Waals surface area (Å²) in [5, 5.41) is 11.9. The second-order valence-electron chi connectivity index (χ2n) is 4.90. The standard InChI is InChI=1S/C14H20FN3O/c1-2-11-5-3-4-8-18(11)13-7-6-10(15)9-12(13)14(16)17-19/h6-7,9,11,19H,2-5,8H2,1H3,(H2,16,17). The van der Waals surface area contributed by atoms with Crippen LogP contribution in [0.4, 0.5) is 10.1 Å². The van der Waals surface area contributed by atoms with Crippen molar-refractivity contribution in [3.63, 3.8) is 0 Å². The van der Waals surface area contributed by atoms with Gasteiger partial charge < -0.3 is 15.8 Å². The number of halogens is 1. The van der Waals surface area contributed by atoms with Gasteiger partial charge in [0.1, 0.15) is 5.82 Å². The minimum atomic E-state index is -0.379. The average molecular weight is 265 g/mol. The van der Waals surface area contributed by atoms with Gasteiger partial charge in [0.25, 0.3) is 0 Å². The van der Waals surface area contributed by atoms with Crippen molar-refractivity contribution in [2.24, 2.45) is 10.9 Å². The Morgan fingerprint density at radius 1 is 1.53 bits per heavy atom. The molecule has 5 heteroatoms. The topological polar surface area (TPSA) is 61.8 Å². The first-order valence-electron chi connectivity index (χ1n) is 6.71. The minimum absolute atomic E-state index is 0.0464. The molecule has 1 aromatic rings. The van der Waals surface area contributed by atoms with E-state index < -0.39 is 0 Å². The van der Waals surface area contributed by atoms with E-state index in [1.165, 1.54) is 18.6 Å². The molecule has 1 atom stereocenters. The van der Waals surface area contributed by atoms with Gasteiger partial charge in [-0.05, 0) is 43.9 Å². The molecule has 0 spiro atoms. The van der Waals surface area contributed by atoms with Gasteiger partial charge in [0.15, 0.2) is 5.84 Å². The van der Waals surface area contributed by atoms with Gasteiger partial charge in [-0.3, -0.25) is 0 Å². The van der Waals surface area contributed by atoms with E-state index in [0.717, 1.165) is 31.5 Å². The monoisotopic (exact) mass is 265 g/mol. The molecule has 0 bridgehead atoms. The van der Waals surface area contributed by atoms with Crippen LogP contribution >= 0.6 is 0 Å². The van der Waals surface area contributed by atoms with Crippen LogP contribution in [0.5, 0.6) is 0 Å². The fourth-order valence-corrected chi connectivity index (χ4v) is 2.76. The largest absolute Gasteiger partial charge is 0.409 e. The predicted octanol–water partition coefficient (Wildman–Crippen LogP) is 2.69. The third-order valence-corrected chi connectivity index (χ3v) is 3.75. The predicted molar refractivity (Wildman–Crippen MR) is 74.2 cm³/mol. The molecular weight excluding hydrogens is 245 g/mol. The Morgan fingerprint density at radius 3 is 3.00 bits per heavy atom. The SMILES string of the molecule is CCC1CCCCN1c1ccc(F)cc1C(N)=NO. The van der Waals surface area contributed by atoms with Crippen molar-refractivity contribution < 1.29 is 9.60 Å². The van der Waals surface area contributed by atoms with E-state index >= 15 is 0 Å². The molecule has 0 radical (unpaired) electrons. The molecule has 0 saturated carbocycles. The molecule has 0 amide bonds. The number of nitrogens with zero attached hydrogens (tertiary/aromatic N) is 2. The summed E-state index contributed by atoms with van der Waals surface area (Å²) in [6.07, 6.45) is 4.50. The number of anilines is 1. The van der Waals surface area contributed by atoms with Gasteiger partial charge in [-0.1, -0.05) is 12.1 Å². The van der Waals surface area contributed by atoms with Crippen molar-refractivity contribution in [2.45, 2.75) is 38.6 Å². The van der Waals surface area contributed by atoms with Crippen molar-refractivity contribution in [2.75, 3.05) is 11.4 Å². The van der Waals surface area contributed by atoms with Crippen LogP contribution in [0.15, 0.2) is 23.4 Å². The zero-order valence-corrected chi connectivity index (χ0v) is 11.1. The van der Waals surface area contributed by atoms with Crippen molar-refractivity contribution in [1.29, 1.82) is 0 Å². The molecule has 3 N–H and O–H groups in total. The summed E-state index contributed by atoms with van der Waals surface area (Å²) in [5.74, 6) is -0.426. The molecule has 1 saturated heterocycles. The second kappa shape index (κ2) is 5.91. The van der Waals surface area contributed by atoms with E-state index in [1.807, 2.05) is 0 Å². The Kier molecular flexibility index (Phi) is 4.24. The van der Waals surface area contributed by atoms with E-state index in [4.69, 9.17) is 10.9 Å². The van der Waals surface area contributed by atoms with E-state index in [0.29, 0.717) is 11.6 Å². The van der Waals surface area contributed by atoms with Gasteiger partial charge in [-0.2, -0.15) is 0 Å². The number of nitrogens with two attached hydrogens (primary N) is 1. The van der Waals surface area contributed by atoms with E-state index in [1.54, 1.807) is 6.07 Å². The van der Waals surface area contributed by atoms with Gasteiger partial charge in [-0.25, -0.2) is 4.39 Å². The molecule has 19 heavy (non-hydrogen) atoms. The quantitative estimate of drug-likeness (QED) is 0.382. The molecule has 1 aliphatic rings. The molecule has 0 aliphatic carbocycles. The zero-order valence-electron chi connectivity index (χ0n) is 11.1. The fraction of sp³-hybridized carbons (Fsp3) is 0.500. The minimum Gasteiger partial charge on any atom is -0.409 e. The lowest BCUT2D eigenvalue weighted by molar-refractivity contribution is 0.318. The maximum atomic E-state index is 13.4. The third-order valence-electron chi connectivity index (χ3n) is 3.75. The maximum absolute atomic E-state index is 13.4. The van der Waals surface area contributed by atoms with Crippen LogP contribution < -0.4 is 10.6 Å². The molecule has 1 aromatic carbocycles. The molecular formula is C14H20FN3O. The lowest BCUT2D eigenvalue weighted by Gasteiger charge is -2.38. The Morgan fingerprint density at radius 2 is 2.32 bits per heavy atom. The Balaban J connectivity index is 2.42. The Hall–Kier alpha value is -1.78. The molecule has 1 unspecified atom stereocenters. The van der Waals surface area contributed by atoms with Gasteiger partial charge in [0.2, 0.25) is 0 Å².